The van der Waals surface area contributed by atoms with Gasteiger partial charge in [0.05, 0.1) is 5.69 Å². The molecular weight excluding hydrogens is 220 g/mol. The van der Waals surface area contributed by atoms with Crippen molar-refractivity contribution in [2.75, 3.05) is 0 Å². The summed E-state index contributed by atoms with van der Waals surface area (Å²) in [6.07, 6.45) is 3.18. The SMILES string of the molecule is C[C@H](N=C=O)c1ccc(Br)cn1. The van der Waals surface area contributed by atoms with Crippen LogP contribution in [0.25, 0.3) is 0 Å². The molecule has 0 bridgehead atoms. The number of nitrogens with zero attached hydrogens (tertiary/aromatic N) is 2. The molecule has 0 N–H and O–H groups in total. The van der Waals surface area contributed by atoms with Gasteiger partial charge < -0.3 is 0 Å². The number of hydrogen-bond donors (Lipinski definition) is 0. The molecule has 0 fully saturated rings. The van der Waals surface area contributed by atoms with E-state index in [-0.39, 0.29) is 6.04 Å². The first kappa shape index (κ1) is 9.10. The molecule has 1 heterocycles. The lowest BCUT2D eigenvalue weighted by Gasteiger charge is -2.01. The van der Waals surface area contributed by atoms with Gasteiger partial charge >= 0.3 is 0 Å². The van der Waals surface area contributed by atoms with Crippen molar-refractivity contribution in [3.05, 3.63) is 28.5 Å². The molecule has 0 amide bonds. The van der Waals surface area contributed by atoms with Crippen LogP contribution in [-0.2, 0) is 4.79 Å². The summed E-state index contributed by atoms with van der Waals surface area (Å²) in [5.74, 6) is 0. The summed E-state index contributed by atoms with van der Waals surface area (Å²) in [7, 11) is 0. The number of carbonyl (C=O) groups excluding carboxylic acids is 1. The fraction of sp³-hybridized carbons (Fsp3) is 0.250. The fourth-order valence-corrected chi connectivity index (χ4v) is 1.01. The van der Waals surface area contributed by atoms with Gasteiger partial charge in [-0.15, -0.1) is 0 Å². The number of halogens is 1. The van der Waals surface area contributed by atoms with Crippen LogP contribution in [0.5, 0.6) is 0 Å². The summed E-state index contributed by atoms with van der Waals surface area (Å²) in [6, 6.07) is 3.46. The minimum Gasteiger partial charge on any atom is -0.258 e. The van der Waals surface area contributed by atoms with E-state index >= 15 is 0 Å². The van der Waals surface area contributed by atoms with Gasteiger partial charge in [-0.3, -0.25) is 4.98 Å². The smallest absolute Gasteiger partial charge is 0.235 e. The van der Waals surface area contributed by atoms with E-state index in [0.717, 1.165) is 10.2 Å². The second-order valence-electron chi connectivity index (χ2n) is 2.30. The van der Waals surface area contributed by atoms with Gasteiger partial charge in [-0.1, -0.05) is 0 Å². The Morgan fingerprint density at radius 1 is 1.67 bits per heavy atom. The molecule has 3 nitrogen and oxygen atoms in total. The second kappa shape index (κ2) is 4.14. The van der Waals surface area contributed by atoms with E-state index in [2.05, 4.69) is 25.9 Å². The van der Waals surface area contributed by atoms with Gasteiger partial charge in [-0.25, -0.2) is 4.79 Å². The Labute approximate surface area is 78.7 Å². The highest BCUT2D eigenvalue weighted by molar-refractivity contribution is 9.10. The van der Waals surface area contributed by atoms with Crippen LogP contribution in [0.3, 0.4) is 0 Å². The molecule has 1 atom stereocenters. The van der Waals surface area contributed by atoms with Gasteiger partial charge in [-0.2, -0.15) is 4.99 Å². The van der Waals surface area contributed by atoms with Gasteiger partial charge in [0.1, 0.15) is 6.04 Å². The van der Waals surface area contributed by atoms with Crippen molar-refractivity contribution < 1.29 is 4.79 Å². The molecule has 0 radical (unpaired) electrons. The highest BCUT2D eigenvalue weighted by Gasteiger charge is 2.03. The normalized spacial score (nSPS) is 11.8. The van der Waals surface area contributed by atoms with E-state index < -0.39 is 0 Å². The molecule has 4 heteroatoms. The van der Waals surface area contributed by atoms with Gasteiger partial charge in [0, 0.05) is 10.7 Å². The molecule has 0 spiro atoms. The Morgan fingerprint density at radius 3 is 2.92 bits per heavy atom. The number of isocyanates is 1. The van der Waals surface area contributed by atoms with Gasteiger partial charge in [0.15, 0.2) is 0 Å². The highest BCUT2D eigenvalue weighted by Crippen LogP contribution is 2.15. The van der Waals surface area contributed by atoms with Gasteiger partial charge in [0.2, 0.25) is 6.08 Å². The average Bonchev–Trinajstić information content (AvgIpc) is 2.06. The van der Waals surface area contributed by atoms with Crippen LogP contribution in [-0.4, -0.2) is 11.1 Å². The largest absolute Gasteiger partial charge is 0.258 e. The Balaban J connectivity index is 2.89. The molecule has 12 heavy (non-hydrogen) atoms. The maximum Gasteiger partial charge on any atom is 0.235 e. The molecule has 62 valence electrons. The molecule has 0 aromatic carbocycles. The Kier molecular flexibility index (Phi) is 3.14. The first-order valence-electron chi connectivity index (χ1n) is 3.42. The molecule has 0 aliphatic rings. The predicted molar refractivity (Wildman–Crippen MR) is 48.5 cm³/mol. The van der Waals surface area contributed by atoms with Crippen LogP contribution in [0.15, 0.2) is 27.8 Å². The zero-order valence-electron chi connectivity index (χ0n) is 6.49. The molecular formula is C8H7BrN2O. The number of aliphatic imine (C=N–C) groups is 1. The average molecular weight is 227 g/mol. The zero-order valence-corrected chi connectivity index (χ0v) is 8.08. The van der Waals surface area contributed by atoms with Crippen molar-refractivity contribution in [3.8, 4) is 0 Å². The van der Waals surface area contributed by atoms with Crippen molar-refractivity contribution in [2.24, 2.45) is 4.99 Å². The monoisotopic (exact) mass is 226 g/mol. The van der Waals surface area contributed by atoms with E-state index in [1.165, 1.54) is 6.08 Å². The molecule has 0 aliphatic heterocycles. The van der Waals surface area contributed by atoms with Crippen molar-refractivity contribution >= 4 is 22.0 Å². The predicted octanol–water partition coefficient (Wildman–Crippen LogP) is 2.24. The van der Waals surface area contributed by atoms with Crippen molar-refractivity contribution in [3.63, 3.8) is 0 Å². The molecule has 1 aromatic rings. The lowest BCUT2D eigenvalue weighted by molar-refractivity contribution is 0.559. The van der Waals surface area contributed by atoms with Crippen LogP contribution >= 0.6 is 15.9 Å². The van der Waals surface area contributed by atoms with Gasteiger partial charge in [-0.05, 0) is 35.0 Å². The first-order valence-corrected chi connectivity index (χ1v) is 4.22. The van der Waals surface area contributed by atoms with E-state index in [0.29, 0.717) is 0 Å². The molecule has 0 saturated carbocycles. The molecule has 0 unspecified atom stereocenters. The summed E-state index contributed by atoms with van der Waals surface area (Å²) >= 11 is 3.26. The van der Waals surface area contributed by atoms with E-state index in [1.54, 1.807) is 13.1 Å². The number of aromatic nitrogens is 1. The van der Waals surface area contributed by atoms with Crippen LogP contribution in [0, 0.1) is 0 Å². The Bertz CT molecular complexity index is 303. The second-order valence-corrected chi connectivity index (χ2v) is 3.21. The molecule has 0 aliphatic carbocycles. The van der Waals surface area contributed by atoms with Crippen LogP contribution < -0.4 is 0 Å². The maximum absolute atomic E-state index is 9.93. The van der Waals surface area contributed by atoms with E-state index in [4.69, 9.17) is 0 Å². The number of pyridine rings is 1. The summed E-state index contributed by atoms with van der Waals surface area (Å²) in [5.41, 5.74) is 0.765. The lowest BCUT2D eigenvalue weighted by atomic mass is 10.2. The first-order chi connectivity index (χ1) is 5.74. The van der Waals surface area contributed by atoms with Gasteiger partial charge in [0.25, 0.3) is 0 Å². The third-order valence-corrected chi connectivity index (χ3v) is 1.89. The minimum absolute atomic E-state index is 0.212. The summed E-state index contributed by atoms with van der Waals surface area (Å²) in [6.45, 7) is 1.79. The third-order valence-electron chi connectivity index (χ3n) is 1.42. The van der Waals surface area contributed by atoms with E-state index in [9.17, 15) is 4.79 Å². The molecule has 1 rings (SSSR count). The molecule has 1 aromatic heterocycles. The van der Waals surface area contributed by atoms with Crippen LogP contribution in [0.4, 0.5) is 0 Å². The zero-order chi connectivity index (χ0) is 8.97. The summed E-state index contributed by atoms with van der Waals surface area (Å²) in [5, 5.41) is 0. The Hall–Kier alpha value is -0.990. The Morgan fingerprint density at radius 2 is 2.42 bits per heavy atom. The van der Waals surface area contributed by atoms with Crippen LogP contribution in [0.1, 0.15) is 18.7 Å². The minimum atomic E-state index is -0.212. The summed E-state index contributed by atoms with van der Waals surface area (Å²) < 4.78 is 0.911. The van der Waals surface area contributed by atoms with Crippen LogP contribution in [0.2, 0.25) is 0 Å². The topological polar surface area (TPSA) is 42.3 Å². The standard InChI is InChI=1S/C8H7BrN2O/c1-6(11-5-12)8-3-2-7(9)4-10-8/h2-4,6H,1H3/t6-/m0/s1. The number of rotatable bonds is 2. The highest BCUT2D eigenvalue weighted by atomic mass is 79.9. The number of hydrogen-bond acceptors (Lipinski definition) is 3. The van der Waals surface area contributed by atoms with Crippen molar-refractivity contribution in [1.82, 2.24) is 4.98 Å². The molecule has 0 saturated heterocycles. The lowest BCUT2D eigenvalue weighted by Crippen LogP contribution is -1.92. The maximum atomic E-state index is 9.93. The quantitative estimate of drug-likeness (QED) is 0.574. The third kappa shape index (κ3) is 2.26. The van der Waals surface area contributed by atoms with Crippen molar-refractivity contribution in [1.29, 1.82) is 0 Å². The summed E-state index contributed by atoms with van der Waals surface area (Å²) in [4.78, 5) is 17.5. The van der Waals surface area contributed by atoms with E-state index in [1.807, 2.05) is 12.1 Å². The fourth-order valence-electron chi connectivity index (χ4n) is 0.780. The van der Waals surface area contributed by atoms with Crippen molar-refractivity contribution in [2.45, 2.75) is 13.0 Å².